The van der Waals surface area contributed by atoms with Gasteiger partial charge in [-0.3, -0.25) is 4.79 Å². The van der Waals surface area contributed by atoms with Crippen molar-refractivity contribution in [2.24, 2.45) is 0 Å². The molecular weight excluding hydrogens is 437 g/mol. The summed E-state index contributed by atoms with van der Waals surface area (Å²) < 4.78 is 53.3. The summed E-state index contributed by atoms with van der Waals surface area (Å²) in [6.45, 7) is 1.88. The fourth-order valence-electron chi connectivity index (χ4n) is 4.13. The molecule has 2 aliphatic heterocycles. The van der Waals surface area contributed by atoms with Crippen molar-refractivity contribution in [2.45, 2.75) is 37.6 Å². The van der Waals surface area contributed by atoms with Gasteiger partial charge in [0.15, 0.2) is 23.2 Å². The fourth-order valence-corrected chi connectivity index (χ4v) is 4.13. The van der Waals surface area contributed by atoms with Gasteiger partial charge < -0.3 is 20.1 Å². The van der Waals surface area contributed by atoms with Crippen LogP contribution in [0.4, 0.5) is 19.0 Å². The third kappa shape index (κ3) is 4.08. The summed E-state index contributed by atoms with van der Waals surface area (Å²) in [4.78, 5) is 12.8. The van der Waals surface area contributed by atoms with E-state index in [9.17, 15) is 18.0 Å². The molecule has 10 heteroatoms. The van der Waals surface area contributed by atoms with E-state index in [1.807, 2.05) is 30.3 Å². The lowest BCUT2D eigenvalue weighted by atomic mass is 9.96. The summed E-state index contributed by atoms with van der Waals surface area (Å²) in [5.41, 5.74) is 1.43. The van der Waals surface area contributed by atoms with Crippen molar-refractivity contribution in [3.8, 4) is 11.5 Å². The van der Waals surface area contributed by atoms with Crippen LogP contribution in [-0.2, 0) is 0 Å². The lowest BCUT2D eigenvalue weighted by molar-refractivity contribution is -0.173. The van der Waals surface area contributed by atoms with Crippen molar-refractivity contribution >= 4 is 11.7 Å². The second kappa shape index (κ2) is 8.02. The molecule has 3 atom stereocenters. The molecule has 0 saturated carbocycles. The van der Waals surface area contributed by atoms with Gasteiger partial charge in [0.05, 0.1) is 12.1 Å². The molecule has 1 aromatic heterocycles. The van der Waals surface area contributed by atoms with E-state index in [1.165, 1.54) is 6.07 Å². The quantitative estimate of drug-likeness (QED) is 0.589. The number of rotatable bonds is 4. The maximum Gasteiger partial charge on any atom is 0.410 e. The van der Waals surface area contributed by atoms with Crippen LogP contribution in [0.3, 0.4) is 0 Å². The molecule has 0 unspecified atom stereocenters. The Labute approximate surface area is 187 Å². The highest BCUT2D eigenvalue weighted by molar-refractivity contribution is 5.93. The monoisotopic (exact) mass is 458 g/mol. The van der Waals surface area contributed by atoms with E-state index in [-0.39, 0.29) is 30.8 Å². The number of hydrogen-bond acceptors (Lipinski definition) is 5. The lowest BCUT2D eigenvalue weighted by Crippen LogP contribution is -2.35. The van der Waals surface area contributed by atoms with Gasteiger partial charge in [-0.2, -0.15) is 18.3 Å². The van der Waals surface area contributed by atoms with Crippen LogP contribution in [-0.4, -0.2) is 28.7 Å². The van der Waals surface area contributed by atoms with E-state index in [2.05, 4.69) is 15.7 Å². The number of carbonyl (C=O) groups excluding carboxylic acids is 1. The second-order valence-electron chi connectivity index (χ2n) is 8.07. The lowest BCUT2D eigenvalue weighted by Gasteiger charge is -2.33. The van der Waals surface area contributed by atoms with Crippen LogP contribution in [0.15, 0.2) is 54.6 Å². The Balaban J connectivity index is 1.41. The van der Waals surface area contributed by atoms with Crippen LogP contribution in [0.5, 0.6) is 11.5 Å². The van der Waals surface area contributed by atoms with Crippen molar-refractivity contribution < 1.29 is 27.4 Å². The molecule has 3 aromatic rings. The number of alkyl halides is 3. The van der Waals surface area contributed by atoms with Crippen LogP contribution in [0.2, 0.25) is 0 Å². The van der Waals surface area contributed by atoms with Gasteiger partial charge in [0, 0.05) is 12.5 Å². The van der Waals surface area contributed by atoms with Gasteiger partial charge >= 0.3 is 6.18 Å². The third-order valence-electron chi connectivity index (χ3n) is 5.87. The Morgan fingerprint density at radius 2 is 1.91 bits per heavy atom. The predicted molar refractivity (Wildman–Crippen MR) is 113 cm³/mol. The van der Waals surface area contributed by atoms with Crippen LogP contribution in [0.1, 0.15) is 53.1 Å². The SMILES string of the molecule is C[C@@H](NC(=O)c1cc2n(n1)[C@H](C(F)(F)F)C[C@@H](c1ccc3c(c1)OCO3)N2)c1ccccc1. The average Bonchev–Trinajstić information content (AvgIpc) is 3.44. The molecule has 3 heterocycles. The van der Waals surface area contributed by atoms with E-state index in [4.69, 9.17) is 9.47 Å². The average molecular weight is 458 g/mol. The molecule has 172 valence electrons. The molecule has 1 amide bonds. The van der Waals surface area contributed by atoms with Gasteiger partial charge in [-0.15, -0.1) is 0 Å². The number of ether oxygens (including phenoxy) is 2. The van der Waals surface area contributed by atoms with E-state index >= 15 is 0 Å². The number of nitrogens with zero attached hydrogens (tertiary/aromatic N) is 2. The molecule has 0 spiro atoms. The number of anilines is 1. The van der Waals surface area contributed by atoms with E-state index < -0.39 is 24.2 Å². The Morgan fingerprint density at radius 1 is 1.15 bits per heavy atom. The molecule has 2 aromatic carbocycles. The summed E-state index contributed by atoms with van der Waals surface area (Å²) in [6.07, 6.45) is -4.82. The van der Waals surface area contributed by atoms with Gasteiger partial charge in [0.25, 0.3) is 5.91 Å². The third-order valence-corrected chi connectivity index (χ3v) is 5.87. The fraction of sp³-hybridized carbons (Fsp3) is 0.304. The summed E-state index contributed by atoms with van der Waals surface area (Å²) >= 11 is 0. The first kappa shape index (κ1) is 21.2. The molecule has 2 aliphatic rings. The molecule has 0 bridgehead atoms. The zero-order valence-electron chi connectivity index (χ0n) is 17.6. The topological polar surface area (TPSA) is 77.4 Å². The zero-order chi connectivity index (χ0) is 23.2. The van der Waals surface area contributed by atoms with Gasteiger partial charge in [-0.05, 0) is 30.2 Å². The van der Waals surface area contributed by atoms with Crippen LogP contribution < -0.4 is 20.1 Å². The Hall–Kier alpha value is -3.69. The minimum Gasteiger partial charge on any atom is -0.454 e. The first-order valence-corrected chi connectivity index (χ1v) is 10.5. The summed E-state index contributed by atoms with van der Waals surface area (Å²) in [7, 11) is 0. The first-order chi connectivity index (χ1) is 15.8. The van der Waals surface area contributed by atoms with Crippen LogP contribution >= 0.6 is 0 Å². The first-order valence-electron chi connectivity index (χ1n) is 10.5. The van der Waals surface area contributed by atoms with Gasteiger partial charge in [0.2, 0.25) is 6.79 Å². The molecule has 0 saturated heterocycles. The second-order valence-corrected chi connectivity index (χ2v) is 8.07. The van der Waals surface area contributed by atoms with Crippen LogP contribution in [0.25, 0.3) is 0 Å². The maximum absolute atomic E-state index is 13.9. The highest BCUT2D eigenvalue weighted by atomic mass is 19.4. The van der Waals surface area contributed by atoms with Crippen LogP contribution in [0, 0.1) is 0 Å². The summed E-state index contributed by atoms with van der Waals surface area (Å²) in [6, 6.07) is 12.8. The number of benzene rings is 2. The summed E-state index contributed by atoms with van der Waals surface area (Å²) in [5, 5.41) is 9.89. The zero-order valence-corrected chi connectivity index (χ0v) is 17.6. The highest BCUT2D eigenvalue weighted by Crippen LogP contribution is 2.45. The largest absolute Gasteiger partial charge is 0.454 e. The molecule has 7 nitrogen and oxygen atoms in total. The van der Waals surface area contributed by atoms with Crippen molar-refractivity contribution in [2.75, 3.05) is 12.1 Å². The molecule has 5 rings (SSSR count). The van der Waals surface area contributed by atoms with Gasteiger partial charge in [0.1, 0.15) is 5.82 Å². The van der Waals surface area contributed by atoms with Crippen molar-refractivity contribution in [3.63, 3.8) is 0 Å². The number of nitrogens with one attached hydrogen (secondary N) is 2. The van der Waals surface area contributed by atoms with Gasteiger partial charge in [-0.25, -0.2) is 4.68 Å². The molecule has 33 heavy (non-hydrogen) atoms. The van der Waals surface area contributed by atoms with E-state index in [0.29, 0.717) is 17.1 Å². The number of carbonyl (C=O) groups is 1. The number of hydrogen-bond donors (Lipinski definition) is 2. The highest BCUT2D eigenvalue weighted by Gasteiger charge is 2.47. The minimum atomic E-state index is -4.54. The molecule has 0 fully saturated rings. The van der Waals surface area contributed by atoms with Crippen molar-refractivity contribution in [1.82, 2.24) is 15.1 Å². The maximum atomic E-state index is 13.9. The van der Waals surface area contributed by atoms with Crippen molar-refractivity contribution in [1.29, 1.82) is 0 Å². The van der Waals surface area contributed by atoms with Gasteiger partial charge in [-0.1, -0.05) is 36.4 Å². The number of amides is 1. The number of halogens is 3. The van der Waals surface area contributed by atoms with E-state index in [0.717, 1.165) is 10.2 Å². The predicted octanol–water partition coefficient (Wildman–Crippen LogP) is 4.76. The molecule has 0 aliphatic carbocycles. The molecule has 0 radical (unpaired) electrons. The Kier molecular flexibility index (Phi) is 5.15. The Bertz CT molecular complexity index is 1180. The van der Waals surface area contributed by atoms with Crippen molar-refractivity contribution in [3.05, 3.63) is 71.4 Å². The normalized spacial score (nSPS) is 20.0. The number of fused-ring (bicyclic) bond motifs is 2. The standard InChI is InChI=1S/C23H21F3N4O3/c1-13(14-5-3-2-4-6-14)27-22(31)17-11-21-28-16(10-20(23(24,25)26)30(21)29-17)15-7-8-18-19(9-15)33-12-32-18/h2-9,11,13,16,20,28H,10,12H2,1H3,(H,27,31)/t13-,16+,20+/m1/s1. The minimum absolute atomic E-state index is 0.0781. The smallest absolute Gasteiger partial charge is 0.410 e. The number of aromatic nitrogens is 2. The molecular formula is C23H21F3N4O3. The van der Waals surface area contributed by atoms with E-state index in [1.54, 1.807) is 25.1 Å². The Morgan fingerprint density at radius 3 is 2.67 bits per heavy atom. The molecule has 2 N–H and O–H groups in total. The summed E-state index contributed by atoms with van der Waals surface area (Å²) in [5.74, 6) is 0.629.